The summed E-state index contributed by atoms with van der Waals surface area (Å²) < 4.78 is 17.1. The molecule has 0 aromatic rings. The Morgan fingerprint density at radius 1 is 0.696 bits per heavy atom. The van der Waals surface area contributed by atoms with E-state index in [0.29, 0.717) is 19.1 Å². The van der Waals surface area contributed by atoms with Crippen molar-refractivity contribution in [3.63, 3.8) is 0 Å². The number of hydrogen-bond donors (Lipinski definition) is 2. The second-order valence-corrected chi connectivity index (χ2v) is 7.14. The van der Waals surface area contributed by atoms with Crippen LogP contribution in [0.5, 0.6) is 0 Å². The zero-order valence-electron chi connectivity index (χ0n) is 15.9. The largest absolute Gasteiger partial charge is 0.381 e. The van der Waals surface area contributed by atoms with Crippen LogP contribution in [0.25, 0.3) is 0 Å². The summed E-state index contributed by atoms with van der Waals surface area (Å²) in [6.45, 7) is 13.1. The lowest BCUT2D eigenvalue weighted by molar-refractivity contribution is -0.0378. The molecule has 4 N–H and O–H groups in total. The van der Waals surface area contributed by atoms with E-state index in [1.54, 1.807) is 0 Å². The third-order valence-corrected chi connectivity index (χ3v) is 3.68. The van der Waals surface area contributed by atoms with Crippen LogP contribution in [-0.4, -0.2) is 50.7 Å². The van der Waals surface area contributed by atoms with E-state index in [1.165, 1.54) is 0 Å². The van der Waals surface area contributed by atoms with Gasteiger partial charge in [-0.25, -0.2) is 0 Å². The molecule has 0 aliphatic heterocycles. The van der Waals surface area contributed by atoms with Crippen LogP contribution in [0.3, 0.4) is 0 Å². The minimum atomic E-state index is 0.0717. The van der Waals surface area contributed by atoms with E-state index in [9.17, 15) is 0 Å². The Labute approximate surface area is 143 Å². The third-order valence-electron chi connectivity index (χ3n) is 3.68. The van der Waals surface area contributed by atoms with Gasteiger partial charge in [-0.2, -0.15) is 0 Å². The molecule has 0 aliphatic carbocycles. The Morgan fingerprint density at radius 3 is 1.96 bits per heavy atom. The van der Waals surface area contributed by atoms with Gasteiger partial charge in [-0.05, 0) is 59.3 Å². The van der Waals surface area contributed by atoms with Crippen molar-refractivity contribution >= 4 is 0 Å². The van der Waals surface area contributed by atoms with Crippen molar-refractivity contribution in [2.75, 3.05) is 26.4 Å². The summed E-state index contributed by atoms with van der Waals surface area (Å²) >= 11 is 0. The van der Waals surface area contributed by atoms with Crippen LogP contribution >= 0.6 is 0 Å². The van der Waals surface area contributed by atoms with Crippen LogP contribution in [0.4, 0.5) is 0 Å². The molecule has 0 aromatic heterocycles. The average Bonchev–Trinajstić information content (AvgIpc) is 2.48. The molecule has 0 aromatic carbocycles. The zero-order valence-corrected chi connectivity index (χ0v) is 15.9. The van der Waals surface area contributed by atoms with Crippen molar-refractivity contribution in [3.05, 3.63) is 0 Å². The smallest absolute Gasteiger partial charge is 0.0781 e. The number of nitrogens with two attached hydrogens (primary N) is 2. The highest BCUT2D eigenvalue weighted by Gasteiger charge is 2.08. The van der Waals surface area contributed by atoms with Crippen LogP contribution in [0.1, 0.15) is 60.3 Å². The summed E-state index contributed by atoms with van der Waals surface area (Å²) in [5.41, 5.74) is 11.4. The monoisotopic (exact) mass is 332 g/mol. The van der Waals surface area contributed by atoms with Gasteiger partial charge in [-0.15, -0.1) is 0 Å². The van der Waals surface area contributed by atoms with Gasteiger partial charge in [0.1, 0.15) is 0 Å². The lowest BCUT2D eigenvalue weighted by Gasteiger charge is -2.19. The van der Waals surface area contributed by atoms with E-state index in [-0.39, 0.29) is 24.3 Å². The van der Waals surface area contributed by atoms with Gasteiger partial charge in [-0.1, -0.05) is 6.92 Å². The summed E-state index contributed by atoms with van der Waals surface area (Å²) in [5, 5.41) is 0. The highest BCUT2D eigenvalue weighted by atomic mass is 16.5. The van der Waals surface area contributed by atoms with Crippen LogP contribution in [-0.2, 0) is 14.2 Å². The topological polar surface area (TPSA) is 79.7 Å². The fraction of sp³-hybridized carbons (Fsp3) is 1.00. The first-order valence-corrected chi connectivity index (χ1v) is 9.13. The van der Waals surface area contributed by atoms with Gasteiger partial charge >= 0.3 is 0 Å². The molecule has 0 rings (SSSR count). The van der Waals surface area contributed by atoms with Gasteiger partial charge in [-0.3, -0.25) is 0 Å². The SMILES string of the molecule is CC(N)CCC(C)COCCCC(C)OCC(C)OCC(C)N. The van der Waals surface area contributed by atoms with E-state index < -0.39 is 0 Å². The minimum absolute atomic E-state index is 0.0717. The first-order valence-electron chi connectivity index (χ1n) is 9.13. The molecule has 5 nitrogen and oxygen atoms in total. The van der Waals surface area contributed by atoms with Crippen molar-refractivity contribution in [1.29, 1.82) is 0 Å². The van der Waals surface area contributed by atoms with Crippen LogP contribution in [0.15, 0.2) is 0 Å². The van der Waals surface area contributed by atoms with Gasteiger partial charge in [0.15, 0.2) is 0 Å². The molecule has 0 saturated carbocycles. The lowest BCUT2D eigenvalue weighted by Crippen LogP contribution is -2.28. The Balaban J connectivity index is 3.47. The van der Waals surface area contributed by atoms with Gasteiger partial charge in [0.2, 0.25) is 0 Å². The molecule has 23 heavy (non-hydrogen) atoms. The molecule has 0 spiro atoms. The molecule has 5 atom stereocenters. The van der Waals surface area contributed by atoms with Gasteiger partial charge in [0, 0.05) is 25.3 Å². The maximum atomic E-state index is 5.79. The Hall–Kier alpha value is -0.200. The summed E-state index contributed by atoms with van der Waals surface area (Å²) in [6.07, 6.45) is 4.56. The van der Waals surface area contributed by atoms with Crippen molar-refractivity contribution in [2.24, 2.45) is 17.4 Å². The Morgan fingerprint density at radius 2 is 1.35 bits per heavy atom. The lowest BCUT2D eigenvalue weighted by atomic mass is 10.0. The quantitative estimate of drug-likeness (QED) is 0.451. The Kier molecular flexibility index (Phi) is 14.0. The normalized spacial score (nSPS) is 18.4. The fourth-order valence-corrected chi connectivity index (χ4v) is 2.14. The predicted octanol–water partition coefficient (Wildman–Crippen LogP) is 2.70. The molecule has 0 saturated heterocycles. The van der Waals surface area contributed by atoms with E-state index >= 15 is 0 Å². The van der Waals surface area contributed by atoms with Crippen molar-refractivity contribution in [2.45, 2.75) is 84.6 Å². The fourth-order valence-electron chi connectivity index (χ4n) is 2.14. The molecule has 0 fully saturated rings. The van der Waals surface area contributed by atoms with E-state index in [2.05, 4.69) is 20.8 Å². The van der Waals surface area contributed by atoms with E-state index in [0.717, 1.165) is 38.9 Å². The van der Waals surface area contributed by atoms with Crippen molar-refractivity contribution in [3.8, 4) is 0 Å². The third kappa shape index (κ3) is 16.4. The second-order valence-electron chi connectivity index (χ2n) is 7.14. The van der Waals surface area contributed by atoms with Crippen LogP contribution in [0, 0.1) is 5.92 Å². The number of hydrogen-bond acceptors (Lipinski definition) is 5. The first-order chi connectivity index (χ1) is 10.8. The molecular formula is C18H40N2O3. The molecule has 0 aliphatic rings. The molecule has 0 radical (unpaired) electrons. The van der Waals surface area contributed by atoms with Gasteiger partial charge in [0.05, 0.1) is 25.4 Å². The molecule has 140 valence electrons. The minimum Gasteiger partial charge on any atom is -0.381 e. The second kappa shape index (κ2) is 14.2. The summed E-state index contributed by atoms with van der Waals surface area (Å²) in [7, 11) is 0. The van der Waals surface area contributed by atoms with Crippen molar-refractivity contribution < 1.29 is 14.2 Å². The van der Waals surface area contributed by atoms with Crippen LogP contribution < -0.4 is 11.5 Å². The maximum absolute atomic E-state index is 5.79. The van der Waals surface area contributed by atoms with E-state index in [1.807, 2.05) is 13.8 Å². The maximum Gasteiger partial charge on any atom is 0.0781 e. The standard InChI is InChI=1S/C18H40N2O3/c1-14(8-9-15(2)19)11-21-10-6-7-17(4)23-13-18(5)22-12-16(3)20/h14-18H,6-13,19-20H2,1-5H3. The number of rotatable bonds is 15. The van der Waals surface area contributed by atoms with Gasteiger partial charge in [0.25, 0.3) is 0 Å². The molecule has 0 heterocycles. The highest BCUT2D eigenvalue weighted by Crippen LogP contribution is 2.09. The van der Waals surface area contributed by atoms with E-state index in [4.69, 9.17) is 25.7 Å². The molecule has 0 bridgehead atoms. The highest BCUT2D eigenvalue weighted by molar-refractivity contribution is 4.59. The molecule has 5 unspecified atom stereocenters. The molecule has 5 heteroatoms. The molecular weight excluding hydrogens is 292 g/mol. The summed E-state index contributed by atoms with van der Waals surface area (Å²) in [5.74, 6) is 0.581. The average molecular weight is 333 g/mol. The first kappa shape index (κ1) is 22.8. The molecule has 0 amide bonds. The summed E-state index contributed by atoms with van der Waals surface area (Å²) in [4.78, 5) is 0. The van der Waals surface area contributed by atoms with Gasteiger partial charge < -0.3 is 25.7 Å². The number of ether oxygens (including phenoxy) is 3. The van der Waals surface area contributed by atoms with Crippen molar-refractivity contribution in [1.82, 2.24) is 0 Å². The Bertz CT molecular complexity index is 263. The predicted molar refractivity (Wildman–Crippen MR) is 96.6 cm³/mol. The van der Waals surface area contributed by atoms with Crippen LogP contribution in [0.2, 0.25) is 0 Å². The zero-order chi connectivity index (χ0) is 17.7. The summed E-state index contributed by atoms with van der Waals surface area (Å²) in [6, 6.07) is 0.359.